The number of aryl methyl sites for hydroxylation is 1. The number of fused-ring (bicyclic) bond motifs is 2. The lowest BCUT2D eigenvalue weighted by molar-refractivity contribution is 0.415. The van der Waals surface area contributed by atoms with Crippen LogP contribution in [0.25, 0.3) is 33.4 Å². The highest BCUT2D eigenvalue weighted by molar-refractivity contribution is 5.88. The number of hydrogen-bond donors (Lipinski definition) is 0. The molecule has 0 spiro atoms. The van der Waals surface area contributed by atoms with Gasteiger partial charge in [-0.25, -0.2) is 0 Å². The van der Waals surface area contributed by atoms with Crippen molar-refractivity contribution in [3.63, 3.8) is 0 Å². The molecule has 0 atom stereocenters. The maximum atomic E-state index is 5.29. The first-order valence-corrected chi connectivity index (χ1v) is 8.79. The Kier molecular flexibility index (Phi) is 3.45. The highest BCUT2D eigenvalue weighted by atomic mass is 16.5. The summed E-state index contributed by atoms with van der Waals surface area (Å²) in [5.74, 6) is 0.850. The van der Waals surface area contributed by atoms with Crippen LogP contribution < -0.4 is 4.74 Å². The average Bonchev–Trinajstić information content (AvgIpc) is 3.29. The standard InChI is InChI=1S/C21H18N4O/c1-26-16-7-4-14(5-8-16)21-20(19-3-2-12-25(19)24-21)15-6-9-17-18(13-15)23-11-10-22-17/h4-11,13H,2-3,12H2,1H3. The zero-order valence-corrected chi connectivity index (χ0v) is 14.5. The quantitative estimate of drug-likeness (QED) is 0.562. The molecule has 0 bridgehead atoms. The van der Waals surface area contributed by atoms with Crippen molar-refractivity contribution in [3.8, 4) is 28.1 Å². The van der Waals surface area contributed by atoms with E-state index in [9.17, 15) is 0 Å². The highest BCUT2D eigenvalue weighted by Crippen LogP contribution is 2.38. The summed E-state index contributed by atoms with van der Waals surface area (Å²) in [6.07, 6.45) is 5.66. The molecule has 0 saturated carbocycles. The minimum Gasteiger partial charge on any atom is -0.497 e. The molecule has 0 radical (unpaired) electrons. The molecular formula is C21H18N4O. The third kappa shape index (κ3) is 2.36. The van der Waals surface area contributed by atoms with Gasteiger partial charge < -0.3 is 4.74 Å². The molecule has 1 aliphatic rings. The maximum Gasteiger partial charge on any atom is 0.118 e. The summed E-state index contributed by atoms with van der Waals surface area (Å²) in [5.41, 5.74) is 7.59. The van der Waals surface area contributed by atoms with Crippen molar-refractivity contribution in [3.05, 3.63) is 60.6 Å². The molecule has 0 amide bonds. The predicted molar refractivity (Wildman–Crippen MR) is 101 cm³/mol. The van der Waals surface area contributed by atoms with Crippen molar-refractivity contribution in [2.45, 2.75) is 19.4 Å². The van der Waals surface area contributed by atoms with Crippen LogP contribution in [0.3, 0.4) is 0 Å². The Labute approximate surface area is 151 Å². The Morgan fingerprint density at radius 1 is 0.923 bits per heavy atom. The molecular weight excluding hydrogens is 324 g/mol. The summed E-state index contributed by atoms with van der Waals surface area (Å²) in [6.45, 7) is 0.978. The normalized spacial score (nSPS) is 13.1. The third-order valence-electron chi connectivity index (χ3n) is 4.96. The Balaban J connectivity index is 1.71. The van der Waals surface area contributed by atoms with Crippen LogP contribution in [0.2, 0.25) is 0 Å². The van der Waals surface area contributed by atoms with Crippen LogP contribution in [0.5, 0.6) is 5.75 Å². The molecule has 0 fully saturated rings. The van der Waals surface area contributed by atoms with E-state index >= 15 is 0 Å². The minimum absolute atomic E-state index is 0.850. The van der Waals surface area contributed by atoms with E-state index < -0.39 is 0 Å². The van der Waals surface area contributed by atoms with Gasteiger partial charge in [0.05, 0.1) is 18.1 Å². The topological polar surface area (TPSA) is 52.8 Å². The molecule has 5 heteroatoms. The second-order valence-electron chi connectivity index (χ2n) is 6.49. The molecule has 4 aromatic rings. The van der Waals surface area contributed by atoms with Gasteiger partial charge in [0.15, 0.2) is 0 Å². The summed E-state index contributed by atoms with van der Waals surface area (Å²) in [7, 11) is 1.68. The first-order valence-electron chi connectivity index (χ1n) is 8.79. The van der Waals surface area contributed by atoms with Crippen LogP contribution in [0.1, 0.15) is 12.1 Å². The third-order valence-corrected chi connectivity index (χ3v) is 4.96. The monoisotopic (exact) mass is 342 g/mol. The van der Waals surface area contributed by atoms with Crippen molar-refractivity contribution in [1.82, 2.24) is 19.7 Å². The van der Waals surface area contributed by atoms with Crippen molar-refractivity contribution in [2.75, 3.05) is 7.11 Å². The molecule has 26 heavy (non-hydrogen) atoms. The second-order valence-corrected chi connectivity index (χ2v) is 6.49. The fourth-order valence-electron chi connectivity index (χ4n) is 3.71. The molecule has 0 N–H and O–H groups in total. The average molecular weight is 342 g/mol. The van der Waals surface area contributed by atoms with Crippen LogP contribution in [-0.2, 0) is 13.0 Å². The van der Waals surface area contributed by atoms with Crippen molar-refractivity contribution in [1.29, 1.82) is 0 Å². The molecule has 3 heterocycles. The van der Waals surface area contributed by atoms with Gasteiger partial charge in [-0.1, -0.05) is 6.07 Å². The van der Waals surface area contributed by atoms with Gasteiger partial charge in [0.25, 0.3) is 0 Å². The van der Waals surface area contributed by atoms with Crippen molar-refractivity contribution in [2.24, 2.45) is 0 Å². The molecule has 0 aliphatic carbocycles. The van der Waals surface area contributed by atoms with Crippen LogP contribution in [-0.4, -0.2) is 26.9 Å². The van der Waals surface area contributed by atoms with E-state index in [0.717, 1.165) is 53.0 Å². The Morgan fingerprint density at radius 3 is 2.50 bits per heavy atom. The van der Waals surface area contributed by atoms with E-state index in [-0.39, 0.29) is 0 Å². The Hall–Kier alpha value is -3.21. The fraction of sp³-hybridized carbons (Fsp3) is 0.190. The summed E-state index contributed by atoms with van der Waals surface area (Å²) < 4.78 is 7.44. The summed E-state index contributed by atoms with van der Waals surface area (Å²) in [4.78, 5) is 8.84. The zero-order chi connectivity index (χ0) is 17.5. The van der Waals surface area contributed by atoms with E-state index in [0.29, 0.717) is 0 Å². The highest BCUT2D eigenvalue weighted by Gasteiger charge is 2.24. The SMILES string of the molecule is COc1ccc(-c2nn3c(c2-c2ccc4nccnc4c2)CCC3)cc1. The van der Waals surface area contributed by atoms with Crippen LogP contribution in [0, 0.1) is 0 Å². The second kappa shape index (κ2) is 5.95. The molecule has 5 rings (SSSR count). The van der Waals surface area contributed by atoms with Gasteiger partial charge >= 0.3 is 0 Å². The lowest BCUT2D eigenvalue weighted by atomic mass is 9.97. The molecule has 2 aromatic heterocycles. The first-order chi connectivity index (χ1) is 12.8. The smallest absolute Gasteiger partial charge is 0.118 e. The summed E-state index contributed by atoms with van der Waals surface area (Å²) >= 11 is 0. The van der Waals surface area contributed by atoms with E-state index in [4.69, 9.17) is 9.84 Å². The van der Waals surface area contributed by atoms with Gasteiger partial charge in [-0.2, -0.15) is 5.10 Å². The minimum atomic E-state index is 0.850. The number of ether oxygens (including phenoxy) is 1. The summed E-state index contributed by atoms with van der Waals surface area (Å²) in [5, 5.41) is 4.91. The number of benzene rings is 2. The van der Waals surface area contributed by atoms with Crippen molar-refractivity contribution < 1.29 is 4.74 Å². The predicted octanol–water partition coefficient (Wildman–Crippen LogP) is 4.12. The summed E-state index contributed by atoms with van der Waals surface area (Å²) in [6, 6.07) is 14.4. The molecule has 1 aliphatic heterocycles. The van der Waals surface area contributed by atoms with E-state index in [2.05, 4.69) is 38.9 Å². The van der Waals surface area contributed by atoms with Gasteiger partial charge in [0.1, 0.15) is 11.4 Å². The number of hydrogen-bond acceptors (Lipinski definition) is 4. The van der Waals surface area contributed by atoms with Gasteiger partial charge in [-0.3, -0.25) is 14.6 Å². The zero-order valence-electron chi connectivity index (χ0n) is 14.5. The largest absolute Gasteiger partial charge is 0.497 e. The van der Waals surface area contributed by atoms with E-state index in [1.807, 2.05) is 18.2 Å². The maximum absolute atomic E-state index is 5.29. The van der Waals surface area contributed by atoms with Gasteiger partial charge in [-0.05, 0) is 54.8 Å². The molecule has 128 valence electrons. The lowest BCUT2D eigenvalue weighted by Gasteiger charge is -2.07. The van der Waals surface area contributed by atoms with Crippen molar-refractivity contribution >= 4 is 11.0 Å². The van der Waals surface area contributed by atoms with Gasteiger partial charge in [0.2, 0.25) is 0 Å². The number of rotatable bonds is 3. The Bertz CT molecular complexity index is 1100. The molecule has 0 saturated heterocycles. The fourth-order valence-corrected chi connectivity index (χ4v) is 3.71. The molecule has 2 aromatic carbocycles. The number of nitrogens with zero attached hydrogens (tertiary/aromatic N) is 4. The van der Waals surface area contributed by atoms with E-state index in [1.54, 1.807) is 19.5 Å². The van der Waals surface area contributed by atoms with Crippen LogP contribution in [0.4, 0.5) is 0 Å². The number of aromatic nitrogens is 4. The molecule has 0 unspecified atom stereocenters. The Morgan fingerprint density at radius 2 is 1.69 bits per heavy atom. The van der Waals surface area contributed by atoms with Crippen LogP contribution >= 0.6 is 0 Å². The first kappa shape index (κ1) is 15.1. The van der Waals surface area contributed by atoms with Crippen LogP contribution in [0.15, 0.2) is 54.9 Å². The number of methoxy groups -OCH3 is 1. The molecule has 5 nitrogen and oxygen atoms in total. The lowest BCUT2D eigenvalue weighted by Crippen LogP contribution is -1.94. The van der Waals surface area contributed by atoms with Gasteiger partial charge in [0, 0.05) is 35.8 Å². The van der Waals surface area contributed by atoms with Gasteiger partial charge in [-0.15, -0.1) is 0 Å². The van der Waals surface area contributed by atoms with E-state index in [1.165, 1.54) is 11.3 Å².